The van der Waals surface area contributed by atoms with E-state index in [0.29, 0.717) is 39.2 Å². The highest BCUT2D eigenvalue weighted by atomic mass is 16.5. The van der Waals surface area contributed by atoms with E-state index >= 15 is 0 Å². The number of pyridine rings is 2. The number of aromatic nitrogens is 2. The van der Waals surface area contributed by atoms with Gasteiger partial charge in [-0.1, -0.05) is 18.2 Å². The predicted octanol–water partition coefficient (Wildman–Crippen LogP) is 3.66. The van der Waals surface area contributed by atoms with Crippen molar-refractivity contribution in [3.63, 3.8) is 0 Å². The zero-order valence-corrected chi connectivity index (χ0v) is 16.5. The van der Waals surface area contributed by atoms with Gasteiger partial charge < -0.3 is 14.8 Å². The average Bonchev–Trinajstić information content (AvgIpc) is 2.79. The topological polar surface area (TPSA) is 82.4 Å². The molecule has 2 aromatic carbocycles. The van der Waals surface area contributed by atoms with Gasteiger partial charge in [-0.05, 0) is 30.3 Å². The molecule has 0 saturated heterocycles. The smallest absolute Gasteiger partial charge is 0.263 e. The van der Waals surface area contributed by atoms with Crippen LogP contribution >= 0.6 is 0 Å². The van der Waals surface area contributed by atoms with Crippen molar-refractivity contribution in [2.24, 2.45) is 0 Å². The Bertz CT molecular complexity index is 1280. The summed E-state index contributed by atoms with van der Waals surface area (Å²) in [6, 6.07) is 15.6. The molecule has 0 radical (unpaired) electrons. The number of rotatable bonds is 5. The maximum absolute atomic E-state index is 13.3. The molecule has 0 atom stereocenters. The molecule has 0 aliphatic rings. The van der Waals surface area contributed by atoms with E-state index in [-0.39, 0.29) is 11.5 Å². The molecular weight excluding hydrogens is 382 g/mol. The number of nitrogens with one attached hydrogen (secondary N) is 1. The zero-order chi connectivity index (χ0) is 21.1. The number of methoxy groups -OCH3 is 2. The lowest BCUT2D eigenvalue weighted by atomic mass is 10.1. The second-order valence-electron chi connectivity index (χ2n) is 6.50. The summed E-state index contributed by atoms with van der Waals surface area (Å²) in [5.41, 5.74) is 1.11. The third-order valence-electron chi connectivity index (χ3n) is 4.73. The highest BCUT2D eigenvalue weighted by molar-refractivity contribution is 6.12. The summed E-state index contributed by atoms with van der Waals surface area (Å²) in [5, 5.41) is 3.80. The summed E-state index contributed by atoms with van der Waals surface area (Å²) >= 11 is 0. The van der Waals surface area contributed by atoms with Gasteiger partial charge in [0.2, 0.25) is 0 Å². The second-order valence-corrected chi connectivity index (χ2v) is 6.50. The maximum Gasteiger partial charge on any atom is 0.263 e. The average molecular weight is 401 g/mol. The largest absolute Gasteiger partial charge is 0.497 e. The van der Waals surface area contributed by atoms with Crippen LogP contribution in [0.5, 0.6) is 11.5 Å². The molecule has 2 heterocycles. The molecule has 0 spiro atoms. The molecule has 4 rings (SSSR count). The zero-order valence-electron chi connectivity index (χ0n) is 16.5. The summed E-state index contributed by atoms with van der Waals surface area (Å²) < 4.78 is 12.1. The monoisotopic (exact) mass is 401 g/mol. The lowest BCUT2D eigenvalue weighted by Gasteiger charge is -2.15. The van der Waals surface area contributed by atoms with Crippen LogP contribution in [0, 0.1) is 0 Å². The van der Waals surface area contributed by atoms with Crippen LogP contribution in [0.4, 0.5) is 5.69 Å². The number of anilines is 1. The molecule has 7 nitrogen and oxygen atoms in total. The fourth-order valence-corrected chi connectivity index (χ4v) is 3.27. The van der Waals surface area contributed by atoms with Gasteiger partial charge in [0, 0.05) is 29.2 Å². The number of carbonyl (C=O) groups excluding carboxylic acids is 1. The molecular formula is C23H19N3O4. The number of hydrogen-bond donors (Lipinski definition) is 1. The van der Waals surface area contributed by atoms with Crippen LogP contribution in [0.3, 0.4) is 0 Å². The first kappa shape index (κ1) is 19.2. The Morgan fingerprint density at radius 3 is 2.50 bits per heavy atom. The van der Waals surface area contributed by atoms with Gasteiger partial charge in [-0.15, -0.1) is 0 Å². The Hall–Kier alpha value is -4.13. The van der Waals surface area contributed by atoms with Crippen LogP contribution in [0.1, 0.15) is 10.4 Å². The van der Waals surface area contributed by atoms with Crippen molar-refractivity contribution in [1.82, 2.24) is 9.55 Å². The Kier molecular flexibility index (Phi) is 5.17. The van der Waals surface area contributed by atoms with E-state index < -0.39 is 0 Å². The lowest BCUT2D eigenvalue weighted by Crippen LogP contribution is -2.23. The molecule has 0 saturated carbocycles. The van der Waals surface area contributed by atoms with E-state index in [1.54, 1.807) is 74.1 Å². The fraction of sp³-hybridized carbons (Fsp3) is 0.0870. The first-order chi connectivity index (χ1) is 14.6. The molecule has 1 N–H and O–H groups in total. The number of carbonyl (C=O) groups is 1. The highest BCUT2D eigenvalue weighted by Gasteiger charge is 2.18. The Labute approximate surface area is 172 Å². The van der Waals surface area contributed by atoms with Gasteiger partial charge in [0.15, 0.2) is 0 Å². The molecule has 0 bridgehead atoms. The minimum Gasteiger partial charge on any atom is -0.497 e. The van der Waals surface area contributed by atoms with Crippen LogP contribution in [0.25, 0.3) is 16.5 Å². The number of fused-ring (bicyclic) bond motifs is 1. The van der Waals surface area contributed by atoms with Crippen LogP contribution in [0.2, 0.25) is 0 Å². The molecule has 1 amide bonds. The van der Waals surface area contributed by atoms with Crippen LogP contribution in [-0.4, -0.2) is 29.7 Å². The first-order valence-corrected chi connectivity index (χ1v) is 9.20. The third-order valence-corrected chi connectivity index (χ3v) is 4.73. The van der Waals surface area contributed by atoms with Gasteiger partial charge >= 0.3 is 0 Å². The molecule has 4 aromatic rings. The Balaban J connectivity index is 1.94. The molecule has 0 fully saturated rings. The summed E-state index contributed by atoms with van der Waals surface area (Å²) in [4.78, 5) is 30.4. The number of ether oxygens (including phenoxy) is 2. The standard InChI is InChI=1S/C23H19N3O4/c1-29-16-9-10-21(30-2)20(12-16)26-14-19(17-7-3-4-8-18(17)23(26)28)22(27)25-15-6-5-11-24-13-15/h3-14H,1-2H3,(H,25,27). The molecule has 0 unspecified atom stereocenters. The third kappa shape index (κ3) is 3.48. The van der Waals surface area contributed by atoms with Gasteiger partial charge in [0.25, 0.3) is 11.5 Å². The first-order valence-electron chi connectivity index (χ1n) is 9.20. The van der Waals surface area contributed by atoms with E-state index in [2.05, 4.69) is 10.3 Å². The predicted molar refractivity (Wildman–Crippen MR) is 115 cm³/mol. The fourth-order valence-electron chi connectivity index (χ4n) is 3.27. The van der Waals surface area contributed by atoms with Gasteiger partial charge in [0.1, 0.15) is 11.5 Å². The van der Waals surface area contributed by atoms with E-state index in [4.69, 9.17) is 9.47 Å². The maximum atomic E-state index is 13.3. The van der Waals surface area contributed by atoms with Crippen molar-refractivity contribution < 1.29 is 14.3 Å². The molecule has 0 aliphatic carbocycles. The highest BCUT2D eigenvalue weighted by Crippen LogP contribution is 2.28. The van der Waals surface area contributed by atoms with Crippen LogP contribution in [0.15, 0.2) is 78.0 Å². The SMILES string of the molecule is COc1ccc(OC)c(-n2cc(C(=O)Nc3cccnc3)c3ccccc3c2=O)c1. The van der Waals surface area contributed by atoms with E-state index in [0.717, 1.165) is 0 Å². The number of amides is 1. The van der Waals surface area contributed by atoms with Crippen LogP contribution in [-0.2, 0) is 0 Å². The number of hydrogen-bond acceptors (Lipinski definition) is 5. The van der Waals surface area contributed by atoms with E-state index in [1.165, 1.54) is 17.9 Å². The minimum absolute atomic E-state index is 0.268. The van der Waals surface area contributed by atoms with Crippen molar-refractivity contribution in [2.45, 2.75) is 0 Å². The van der Waals surface area contributed by atoms with Gasteiger partial charge in [0.05, 0.1) is 37.4 Å². The van der Waals surface area contributed by atoms with Crippen LogP contribution < -0.4 is 20.3 Å². The normalized spacial score (nSPS) is 10.6. The lowest BCUT2D eigenvalue weighted by molar-refractivity contribution is 0.102. The quantitative estimate of drug-likeness (QED) is 0.552. The molecule has 0 aliphatic heterocycles. The van der Waals surface area contributed by atoms with Gasteiger partial charge in [-0.25, -0.2) is 0 Å². The summed E-state index contributed by atoms with van der Waals surface area (Å²) in [6.45, 7) is 0. The Morgan fingerprint density at radius 2 is 1.80 bits per heavy atom. The summed E-state index contributed by atoms with van der Waals surface area (Å²) in [7, 11) is 3.06. The minimum atomic E-state index is -0.352. The Morgan fingerprint density at radius 1 is 1.00 bits per heavy atom. The molecule has 2 aromatic heterocycles. The molecule has 30 heavy (non-hydrogen) atoms. The van der Waals surface area contributed by atoms with E-state index in [1.807, 2.05) is 0 Å². The van der Waals surface area contributed by atoms with Crippen molar-refractivity contribution in [2.75, 3.05) is 19.5 Å². The van der Waals surface area contributed by atoms with Crippen molar-refractivity contribution >= 4 is 22.4 Å². The van der Waals surface area contributed by atoms with Crippen molar-refractivity contribution in [3.8, 4) is 17.2 Å². The summed E-state index contributed by atoms with van der Waals surface area (Å²) in [6.07, 6.45) is 4.70. The van der Waals surface area contributed by atoms with Crippen molar-refractivity contribution in [1.29, 1.82) is 0 Å². The second kappa shape index (κ2) is 8.08. The number of nitrogens with zero attached hydrogens (tertiary/aromatic N) is 2. The number of benzene rings is 2. The van der Waals surface area contributed by atoms with Crippen molar-refractivity contribution in [3.05, 3.63) is 89.1 Å². The molecule has 7 heteroatoms. The van der Waals surface area contributed by atoms with Gasteiger partial charge in [-0.2, -0.15) is 0 Å². The van der Waals surface area contributed by atoms with E-state index in [9.17, 15) is 9.59 Å². The summed E-state index contributed by atoms with van der Waals surface area (Å²) in [5.74, 6) is 0.689. The molecule has 150 valence electrons. The van der Waals surface area contributed by atoms with Gasteiger partial charge in [-0.3, -0.25) is 19.1 Å².